The van der Waals surface area contributed by atoms with Gasteiger partial charge in [-0.2, -0.15) is 0 Å². The molecule has 3 aliphatic carbocycles. The van der Waals surface area contributed by atoms with Gasteiger partial charge in [0.15, 0.2) is 11.4 Å². The molecule has 11 nitrogen and oxygen atoms in total. The standard InChI is InChI=1S/C30H31N3O8/c1-33(2)9-8-32-29(40)15-5-3-4-14(10-15)18-6-7-20(34)23-19(18)12-16-11-17-13-21(35)24(28(31)39)27(38)30(17,41)26(37)22(16)25(23)36/h3-7,10,16-17,34,36,38,41H,8-9,11-13H2,1-2H3,(H2,31,39)(H,32,40). The topological polar surface area (TPSA) is 190 Å². The van der Waals surface area contributed by atoms with Crippen LogP contribution in [0, 0.1) is 11.8 Å². The Morgan fingerprint density at radius 2 is 1.83 bits per heavy atom. The van der Waals surface area contributed by atoms with Crippen molar-refractivity contribution in [2.45, 2.75) is 24.9 Å². The predicted octanol–water partition coefficient (Wildman–Crippen LogP) is 1.38. The zero-order chi connectivity index (χ0) is 29.8. The van der Waals surface area contributed by atoms with Crippen LogP contribution in [-0.4, -0.2) is 81.5 Å². The summed E-state index contributed by atoms with van der Waals surface area (Å²) in [5.41, 5.74) is 3.80. The summed E-state index contributed by atoms with van der Waals surface area (Å²) in [4.78, 5) is 52.8. The molecule has 0 spiro atoms. The number of fused-ring (bicyclic) bond motifs is 3. The molecule has 0 saturated heterocycles. The van der Waals surface area contributed by atoms with E-state index in [2.05, 4.69) is 5.32 Å². The van der Waals surface area contributed by atoms with Crippen molar-refractivity contribution in [3.05, 3.63) is 70.0 Å². The van der Waals surface area contributed by atoms with Crippen LogP contribution in [0.4, 0.5) is 0 Å². The van der Waals surface area contributed by atoms with E-state index in [9.17, 15) is 39.6 Å². The number of hydrogen-bond donors (Lipinski definition) is 6. The summed E-state index contributed by atoms with van der Waals surface area (Å²) in [5, 5.41) is 47.1. The summed E-state index contributed by atoms with van der Waals surface area (Å²) in [5.74, 6) is -7.03. The number of nitrogens with one attached hydrogen (secondary N) is 1. The number of carbonyl (C=O) groups excluding carboxylic acids is 4. The highest BCUT2D eigenvalue weighted by atomic mass is 16.3. The minimum Gasteiger partial charge on any atom is -0.508 e. The van der Waals surface area contributed by atoms with E-state index in [-0.39, 0.29) is 42.1 Å². The van der Waals surface area contributed by atoms with Crippen LogP contribution in [0.1, 0.15) is 34.3 Å². The van der Waals surface area contributed by atoms with Crippen LogP contribution < -0.4 is 11.1 Å². The van der Waals surface area contributed by atoms with Gasteiger partial charge >= 0.3 is 0 Å². The Bertz CT molecular complexity index is 1570. The number of nitrogens with zero attached hydrogens (tertiary/aromatic N) is 1. The van der Waals surface area contributed by atoms with E-state index in [0.29, 0.717) is 35.3 Å². The first-order valence-electron chi connectivity index (χ1n) is 13.2. The van der Waals surface area contributed by atoms with Crippen LogP contribution in [0.2, 0.25) is 0 Å². The maximum atomic E-state index is 13.7. The normalized spacial score (nSPS) is 23.7. The number of ketones is 2. The van der Waals surface area contributed by atoms with Crippen LogP contribution in [0.25, 0.3) is 16.9 Å². The SMILES string of the molecule is CN(C)CCNC(=O)c1cccc(-c2ccc(O)c3c2CC2CC4CC(=O)C(C(N)=O)=C(O)C4(O)C(=O)C2=C3O)c1. The van der Waals surface area contributed by atoms with Crippen LogP contribution in [-0.2, 0) is 20.8 Å². The molecule has 5 rings (SSSR count). The van der Waals surface area contributed by atoms with Gasteiger partial charge in [-0.3, -0.25) is 19.2 Å². The van der Waals surface area contributed by atoms with Crippen molar-refractivity contribution in [1.29, 1.82) is 0 Å². The van der Waals surface area contributed by atoms with Crippen molar-refractivity contribution in [1.82, 2.24) is 10.2 Å². The van der Waals surface area contributed by atoms with Crippen LogP contribution >= 0.6 is 0 Å². The number of phenols is 1. The van der Waals surface area contributed by atoms with Gasteiger partial charge in [-0.05, 0) is 67.7 Å². The Morgan fingerprint density at radius 3 is 2.51 bits per heavy atom. The summed E-state index contributed by atoms with van der Waals surface area (Å²) in [6.45, 7) is 1.13. The molecule has 0 radical (unpaired) electrons. The fraction of sp³-hybridized carbons (Fsp3) is 0.333. The lowest BCUT2D eigenvalue weighted by atomic mass is 9.59. The second-order valence-electron chi connectivity index (χ2n) is 11.0. The van der Waals surface area contributed by atoms with Crippen molar-refractivity contribution in [2.75, 3.05) is 27.2 Å². The second kappa shape index (κ2) is 10.2. The van der Waals surface area contributed by atoms with Gasteiger partial charge in [0.25, 0.3) is 11.8 Å². The number of aliphatic hydroxyl groups excluding tert-OH is 2. The molecule has 11 heteroatoms. The second-order valence-corrected chi connectivity index (χ2v) is 11.0. The van der Waals surface area contributed by atoms with E-state index in [0.717, 1.165) is 0 Å². The van der Waals surface area contributed by atoms with Gasteiger partial charge in [0, 0.05) is 36.6 Å². The number of hydrogen-bond acceptors (Lipinski definition) is 9. The molecule has 7 N–H and O–H groups in total. The average molecular weight is 562 g/mol. The number of carbonyl (C=O) groups is 4. The number of aromatic hydroxyl groups is 1. The van der Waals surface area contributed by atoms with E-state index in [1.165, 1.54) is 6.07 Å². The fourth-order valence-electron chi connectivity index (χ4n) is 6.22. The molecule has 1 saturated carbocycles. The lowest BCUT2D eigenvalue weighted by Gasteiger charge is -2.46. The van der Waals surface area contributed by atoms with E-state index in [1.54, 1.807) is 30.3 Å². The number of Topliss-reactive ketones (excluding diaryl/α,β-unsaturated/α-hetero) is 2. The summed E-state index contributed by atoms with van der Waals surface area (Å²) < 4.78 is 0. The van der Waals surface area contributed by atoms with Crippen molar-refractivity contribution in [3.63, 3.8) is 0 Å². The number of amides is 2. The fourth-order valence-corrected chi connectivity index (χ4v) is 6.22. The monoisotopic (exact) mass is 561 g/mol. The van der Waals surface area contributed by atoms with Gasteiger partial charge in [0.05, 0.1) is 5.56 Å². The Kier molecular flexibility index (Phi) is 6.96. The number of benzene rings is 2. The molecule has 2 aromatic carbocycles. The Morgan fingerprint density at radius 1 is 1.10 bits per heavy atom. The average Bonchev–Trinajstić information content (AvgIpc) is 2.90. The Hall–Kier alpha value is -4.48. The number of aliphatic hydroxyl groups is 3. The highest BCUT2D eigenvalue weighted by Gasteiger charge is 2.60. The van der Waals surface area contributed by atoms with Crippen LogP contribution in [0.15, 0.2) is 53.3 Å². The number of phenolic OH excluding ortho intramolecular Hbond substituents is 1. The van der Waals surface area contributed by atoms with E-state index in [4.69, 9.17) is 5.73 Å². The maximum absolute atomic E-state index is 13.7. The van der Waals surface area contributed by atoms with Crippen molar-refractivity contribution in [2.24, 2.45) is 17.6 Å². The number of primary amides is 1. The minimum absolute atomic E-state index is 0.00420. The van der Waals surface area contributed by atoms with Gasteiger partial charge in [0.2, 0.25) is 5.78 Å². The van der Waals surface area contributed by atoms with Crippen LogP contribution in [0.5, 0.6) is 5.75 Å². The first-order valence-corrected chi connectivity index (χ1v) is 13.2. The van der Waals surface area contributed by atoms with Gasteiger partial charge in [0.1, 0.15) is 22.8 Å². The molecule has 0 aliphatic heterocycles. The first kappa shape index (κ1) is 28.1. The van der Waals surface area contributed by atoms with Gasteiger partial charge in [-0.1, -0.05) is 18.2 Å². The van der Waals surface area contributed by atoms with E-state index in [1.807, 2.05) is 19.0 Å². The lowest BCUT2D eigenvalue weighted by Crippen LogP contribution is -2.58. The smallest absolute Gasteiger partial charge is 0.255 e. The Balaban J connectivity index is 1.58. The van der Waals surface area contributed by atoms with E-state index >= 15 is 0 Å². The molecule has 214 valence electrons. The molecule has 0 aromatic heterocycles. The van der Waals surface area contributed by atoms with Crippen molar-refractivity contribution in [3.8, 4) is 16.9 Å². The van der Waals surface area contributed by atoms with Crippen molar-refractivity contribution >= 4 is 29.1 Å². The zero-order valence-electron chi connectivity index (χ0n) is 22.6. The largest absolute Gasteiger partial charge is 0.508 e. The quantitative estimate of drug-likeness (QED) is 0.283. The molecule has 2 aromatic rings. The molecule has 2 amide bonds. The molecule has 0 bridgehead atoms. The third-order valence-electron chi connectivity index (χ3n) is 8.23. The highest BCUT2D eigenvalue weighted by molar-refractivity contribution is 6.22. The molecule has 3 atom stereocenters. The molecule has 3 aliphatic rings. The van der Waals surface area contributed by atoms with Crippen molar-refractivity contribution < 1.29 is 39.6 Å². The summed E-state index contributed by atoms with van der Waals surface area (Å²) in [6, 6.07) is 9.92. The van der Waals surface area contributed by atoms with Gasteiger partial charge in [-0.15, -0.1) is 0 Å². The zero-order valence-corrected chi connectivity index (χ0v) is 22.6. The van der Waals surface area contributed by atoms with Gasteiger partial charge in [-0.25, -0.2) is 0 Å². The Labute approximate surface area is 235 Å². The molecule has 1 fully saturated rings. The molecular formula is C30H31N3O8. The van der Waals surface area contributed by atoms with Crippen LogP contribution in [0.3, 0.4) is 0 Å². The number of nitrogens with two attached hydrogens (primary N) is 1. The van der Waals surface area contributed by atoms with Gasteiger partial charge < -0.3 is 36.4 Å². The minimum atomic E-state index is -2.61. The maximum Gasteiger partial charge on any atom is 0.255 e. The lowest BCUT2D eigenvalue weighted by molar-refractivity contribution is -0.147. The molecule has 41 heavy (non-hydrogen) atoms. The summed E-state index contributed by atoms with van der Waals surface area (Å²) in [7, 11) is 3.81. The summed E-state index contributed by atoms with van der Waals surface area (Å²) in [6.07, 6.45) is -0.191. The number of likely N-dealkylation sites (N-methyl/N-ethyl adjacent to an activating group) is 1. The molecule has 3 unspecified atom stereocenters. The molecular weight excluding hydrogens is 530 g/mol. The molecule has 0 heterocycles. The third-order valence-corrected chi connectivity index (χ3v) is 8.23. The number of rotatable bonds is 6. The third kappa shape index (κ3) is 4.47. The van der Waals surface area contributed by atoms with E-state index < -0.39 is 52.0 Å². The highest BCUT2D eigenvalue weighted by Crippen LogP contribution is 2.53. The summed E-state index contributed by atoms with van der Waals surface area (Å²) >= 11 is 0. The first-order chi connectivity index (χ1) is 19.4. The predicted molar refractivity (Wildman–Crippen MR) is 148 cm³/mol.